The first-order chi connectivity index (χ1) is 11.4. The molecule has 1 atom stereocenters. The lowest BCUT2D eigenvalue weighted by Gasteiger charge is -2.16. The maximum atomic E-state index is 12.2. The molecule has 0 aliphatic heterocycles. The van der Waals surface area contributed by atoms with E-state index in [0.717, 1.165) is 0 Å². The van der Waals surface area contributed by atoms with Crippen molar-refractivity contribution in [2.75, 3.05) is 12.4 Å². The van der Waals surface area contributed by atoms with E-state index in [1.807, 2.05) is 0 Å². The van der Waals surface area contributed by atoms with Crippen molar-refractivity contribution in [2.24, 2.45) is 0 Å². The predicted octanol–water partition coefficient (Wildman–Crippen LogP) is 3.24. The first-order valence-electron chi connectivity index (χ1n) is 7.05. The van der Waals surface area contributed by atoms with Gasteiger partial charge in [0.25, 0.3) is 5.91 Å². The van der Waals surface area contributed by atoms with Crippen LogP contribution in [0.1, 0.15) is 17.3 Å². The number of esters is 1. The van der Waals surface area contributed by atoms with E-state index in [1.165, 1.54) is 25.3 Å². The molecular formula is C17H16ClNO5. The lowest BCUT2D eigenvalue weighted by atomic mass is 10.1. The molecule has 7 heteroatoms. The molecule has 0 spiro atoms. The fourth-order valence-corrected chi connectivity index (χ4v) is 2.13. The molecule has 0 radical (unpaired) electrons. The Morgan fingerprint density at radius 3 is 2.58 bits per heavy atom. The van der Waals surface area contributed by atoms with Crippen LogP contribution < -0.4 is 10.1 Å². The number of rotatable bonds is 5. The highest BCUT2D eigenvalue weighted by Gasteiger charge is 2.19. The first-order valence-corrected chi connectivity index (χ1v) is 7.43. The molecule has 0 saturated heterocycles. The minimum atomic E-state index is -0.843. The Morgan fingerprint density at radius 2 is 1.92 bits per heavy atom. The number of methoxy groups -OCH3 is 1. The molecule has 0 aliphatic carbocycles. The third kappa shape index (κ3) is 4.17. The Kier molecular flexibility index (Phi) is 5.65. The van der Waals surface area contributed by atoms with Gasteiger partial charge >= 0.3 is 5.97 Å². The molecule has 0 aromatic heterocycles. The number of carbonyl (C=O) groups excluding carboxylic acids is 2. The number of hydrogen-bond acceptors (Lipinski definition) is 5. The molecule has 0 saturated carbocycles. The van der Waals surface area contributed by atoms with E-state index >= 15 is 0 Å². The van der Waals surface area contributed by atoms with Gasteiger partial charge < -0.3 is 19.9 Å². The minimum absolute atomic E-state index is 0.0429. The quantitative estimate of drug-likeness (QED) is 0.639. The van der Waals surface area contributed by atoms with Gasteiger partial charge in [-0.1, -0.05) is 23.7 Å². The minimum Gasteiger partial charge on any atom is -0.505 e. The molecule has 2 rings (SSSR count). The second-order valence-electron chi connectivity index (χ2n) is 4.90. The number of amides is 1. The lowest BCUT2D eigenvalue weighted by Crippen LogP contribution is -2.30. The number of halogens is 1. The van der Waals surface area contributed by atoms with E-state index in [2.05, 4.69) is 10.1 Å². The van der Waals surface area contributed by atoms with Crippen molar-refractivity contribution in [3.63, 3.8) is 0 Å². The van der Waals surface area contributed by atoms with Crippen LogP contribution in [-0.2, 0) is 9.53 Å². The van der Waals surface area contributed by atoms with Gasteiger partial charge in [-0.05, 0) is 37.3 Å². The maximum Gasteiger partial charge on any atom is 0.341 e. The highest BCUT2D eigenvalue weighted by atomic mass is 35.5. The van der Waals surface area contributed by atoms with Crippen molar-refractivity contribution in [1.82, 2.24) is 0 Å². The van der Waals surface area contributed by atoms with Crippen LogP contribution in [-0.4, -0.2) is 30.2 Å². The van der Waals surface area contributed by atoms with Crippen molar-refractivity contribution in [1.29, 1.82) is 0 Å². The van der Waals surface area contributed by atoms with Crippen molar-refractivity contribution in [3.05, 3.63) is 53.1 Å². The summed E-state index contributed by atoms with van der Waals surface area (Å²) in [6, 6.07) is 11.0. The molecule has 6 nitrogen and oxygen atoms in total. The zero-order chi connectivity index (χ0) is 17.7. The Balaban J connectivity index is 2.10. The van der Waals surface area contributed by atoms with E-state index in [1.54, 1.807) is 31.2 Å². The van der Waals surface area contributed by atoms with Crippen LogP contribution in [0.15, 0.2) is 42.5 Å². The van der Waals surface area contributed by atoms with Gasteiger partial charge in [0.1, 0.15) is 11.3 Å². The molecule has 1 unspecified atom stereocenters. The highest BCUT2D eigenvalue weighted by molar-refractivity contribution is 6.30. The summed E-state index contributed by atoms with van der Waals surface area (Å²) in [6.45, 7) is 1.55. The summed E-state index contributed by atoms with van der Waals surface area (Å²) in [5, 5.41) is 13.1. The summed E-state index contributed by atoms with van der Waals surface area (Å²) in [5.41, 5.74) is 0.0446. The van der Waals surface area contributed by atoms with Crippen LogP contribution >= 0.6 is 11.6 Å². The number of aromatic hydroxyl groups is 1. The van der Waals surface area contributed by atoms with Crippen LogP contribution in [0.2, 0.25) is 5.02 Å². The van der Waals surface area contributed by atoms with Crippen LogP contribution in [0.3, 0.4) is 0 Å². The van der Waals surface area contributed by atoms with E-state index < -0.39 is 18.0 Å². The normalized spacial score (nSPS) is 11.5. The van der Waals surface area contributed by atoms with Crippen molar-refractivity contribution in [3.8, 4) is 11.5 Å². The molecule has 0 heterocycles. The van der Waals surface area contributed by atoms with Crippen molar-refractivity contribution >= 4 is 29.2 Å². The summed E-state index contributed by atoms with van der Waals surface area (Å²) in [7, 11) is 1.20. The lowest BCUT2D eigenvalue weighted by molar-refractivity contribution is -0.122. The number of anilines is 1. The third-order valence-electron chi connectivity index (χ3n) is 3.18. The molecule has 24 heavy (non-hydrogen) atoms. The molecule has 0 aliphatic rings. The molecule has 0 fully saturated rings. The van der Waals surface area contributed by atoms with Gasteiger partial charge in [0.05, 0.1) is 12.8 Å². The van der Waals surface area contributed by atoms with Gasteiger partial charge in [0.2, 0.25) is 0 Å². The van der Waals surface area contributed by atoms with E-state index in [9.17, 15) is 14.7 Å². The van der Waals surface area contributed by atoms with Crippen LogP contribution in [0.5, 0.6) is 11.5 Å². The topological polar surface area (TPSA) is 84.9 Å². The average Bonchev–Trinajstić information content (AvgIpc) is 2.56. The highest BCUT2D eigenvalue weighted by Crippen LogP contribution is 2.28. The molecular weight excluding hydrogens is 334 g/mol. The number of nitrogens with one attached hydrogen (secondary N) is 1. The number of ether oxygens (including phenoxy) is 2. The van der Waals surface area contributed by atoms with E-state index in [0.29, 0.717) is 10.8 Å². The fraction of sp³-hybridized carbons (Fsp3) is 0.176. The number of phenols is 1. The van der Waals surface area contributed by atoms with E-state index in [4.69, 9.17) is 16.3 Å². The van der Waals surface area contributed by atoms with Crippen LogP contribution in [0.25, 0.3) is 0 Å². The largest absolute Gasteiger partial charge is 0.505 e. The smallest absolute Gasteiger partial charge is 0.341 e. The first kappa shape index (κ1) is 17.6. The zero-order valence-electron chi connectivity index (χ0n) is 13.1. The van der Waals surface area contributed by atoms with Crippen LogP contribution in [0, 0.1) is 0 Å². The standard InChI is InChI=1S/C17H16ClNO5/c1-10(24-12-6-3-5-11(18)9-12)16(21)19-14-8-4-7-13(15(14)20)17(22)23-2/h3-10,20H,1-2H3,(H,19,21). The molecule has 1 amide bonds. The summed E-state index contributed by atoms with van der Waals surface area (Å²) >= 11 is 5.86. The zero-order valence-corrected chi connectivity index (χ0v) is 13.8. The molecule has 0 bridgehead atoms. The van der Waals surface area contributed by atoms with Gasteiger partial charge in [-0.15, -0.1) is 0 Å². The van der Waals surface area contributed by atoms with Gasteiger partial charge in [-0.25, -0.2) is 4.79 Å². The third-order valence-corrected chi connectivity index (χ3v) is 3.41. The molecule has 2 aromatic carbocycles. The van der Waals surface area contributed by atoms with Gasteiger partial charge in [0, 0.05) is 5.02 Å². The second kappa shape index (κ2) is 7.70. The Labute approximate surface area is 144 Å². The number of benzene rings is 2. The Bertz CT molecular complexity index is 762. The number of phenolic OH excluding ortho intramolecular Hbond substituents is 1. The van der Waals surface area contributed by atoms with Crippen molar-refractivity contribution < 1.29 is 24.2 Å². The monoisotopic (exact) mass is 349 g/mol. The molecule has 2 aromatic rings. The fourth-order valence-electron chi connectivity index (χ4n) is 1.95. The number of hydrogen-bond donors (Lipinski definition) is 2. The number of para-hydroxylation sites is 1. The summed E-state index contributed by atoms with van der Waals surface area (Å²) < 4.78 is 10.1. The van der Waals surface area contributed by atoms with Gasteiger partial charge in [-0.3, -0.25) is 4.79 Å². The van der Waals surface area contributed by atoms with E-state index in [-0.39, 0.29) is 17.0 Å². The molecule has 2 N–H and O–H groups in total. The summed E-state index contributed by atoms with van der Waals surface area (Å²) in [4.78, 5) is 23.8. The Morgan fingerprint density at radius 1 is 1.21 bits per heavy atom. The summed E-state index contributed by atoms with van der Waals surface area (Å²) in [5.74, 6) is -1.12. The Hall–Kier alpha value is -2.73. The predicted molar refractivity (Wildman–Crippen MR) is 89.6 cm³/mol. The number of carbonyl (C=O) groups is 2. The summed E-state index contributed by atoms with van der Waals surface area (Å²) in [6.07, 6.45) is -0.843. The van der Waals surface area contributed by atoms with Gasteiger partial charge in [0.15, 0.2) is 11.9 Å². The van der Waals surface area contributed by atoms with Crippen LogP contribution in [0.4, 0.5) is 5.69 Å². The van der Waals surface area contributed by atoms with Gasteiger partial charge in [-0.2, -0.15) is 0 Å². The average molecular weight is 350 g/mol. The second-order valence-corrected chi connectivity index (χ2v) is 5.34. The maximum absolute atomic E-state index is 12.2. The SMILES string of the molecule is COC(=O)c1cccc(NC(=O)C(C)Oc2cccc(Cl)c2)c1O. The van der Waals surface area contributed by atoms with Crippen molar-refractivity contribution in [2.45, 2.75) is 13.0 Å². The molecule has 126 valence electrons.